The van der Waals surface area contributed by atoms with E-state index in [9.17, 15) is 14.0 Å². The Kier molecular flexibility index (Phi) is 3.03. The minimum Gasteiger partial charge on any atom is -0.343 e. The summed E-state index contributed by atoms with van der Waals surface area (Å²) >= 11 is 6.52. The van der Waals surface area contributed by atoms with Crippen LogP contribution in [-0.2, 0) is 0 Å². The van der Waals surface area contributed by atoms with Crippen LogP contribution >= 0.6 is 23.1 Å². The Labute approximate surface area is 100.0 Å². The fourth-order valence-corrected chi connectivity index (χ4v) is 2.56. The highest BCUT2D eigenvalue weighted by molar-refractivity contribution is 7.08. The lowest BCUT2D eigenvalue weighted by molar-refractivity contribution is 0.0778. The van der Waals surface area contributed by atoms with E-state index in [2.05, 4.69) is 9.69 Å². The van der Waals surface area contributed by atoms with Gasteiger partial charge in [-0.05, 0) is 19.3 Å². The summed E-state index contributed by atoms with van der Waals surface area (Å²) in [6.45, 7) is -0.588. The minimum absolute atomic E-state index is 0.117. The topological polar surface area (TPSA) is 62.0 Å². The summed E-state index contributed by atoms with van der Waals surface area (Å²) in [5, 5.41) is 2.47. The predicted octanol–water partition coefficient (Wildman–Crippen LogP) is 1.71. The van der Waals surface area contributed by atoms with Crippen LogP contribution in [0.25, 0.3) is 0 Å². The maximum atomic E-state index is 12.8. The molecule has 16 heavy (non-hydrogen) atoms. The van der Waals surface area contributed by atoms with Crippen molar-refractivity contribution in [2.24, 2.45) is 0 Å². The lowest BCUT2D eigenvalue weighted by Gasteiger charge is -2.39. The number of alkyl halides is 1. The first kappa shape index (κ1) is 11.6. The fraction of sp³-hybridized carbons (Fsp3) is 0.556. The number of hydrogen-bond donors (Lipinski definition) is 2. The Morgan fingerprint density at radius 2 is 2.31 bits per heavy atom. The van der Waals surface area contributed by atoms with Crippen LogP contribution in [0, 0.1) is 0 Å². The van der Waals surface area contributed by atoms with Gasteiger partial charge in [-0.2, -0.15) is 0 Å². The van der Waals surface area contributed by atoms with Crippen molar-refractivity contribution in [2.45, 2.75) is 24.8 Å². The molecule has 0 bridgehead atoms. The highest BCUT2D eigenvalue weighted by Crippen LogP contribution is 2.32. The monoisotopic (exact) mass is 264 g/mol. The van der Waals surface area contributed by atoms with Crippen LogP contribution in [0.2, 0.25) is 5.02 Å². The zero-order chi connectivity index (χ0) is 11.8. The molecule has 7 heteroatoms. The number of aromatic amines is 1. The molecule has 1 aliphatic carbocycles. The van der Waals surface area contributed by atoms with Gasteiger partial charge in [0.2, 0.25) is 0 Å². The molecule has 0 aliphatic heterocycles. The maximum absolute atomic E-state index is 12.8. The number of halogens is 2. The molecule has 1 aromatic heterocycles. The Hall–Kier alpha value is -0.880. The Morgan fingerprint density at radius 3 is 2.69 bits per heavy atom. The van der Waals surface area contributed by atoms with Crippen molar-refractivity contribution in [3.05, 3.63) is 20.3 Å². The molecule has 0 atom stereocenters. The van der Waals surface area contributed by atoms with Crippen molar-refractivity contribution in [1.29, 1.82) is 0 Å². The predicted molar refractivity (Wildman–Crippen MR) is 60.0 cm³/mol. The molecule has 4 nitrogen and oxygen atoms in total. The molecule has 0 spiro atoms. The number of rotatable bonds is 3. The molecule has 1 fully saturated rings. The van der Waals surface area contributed by atoms with E-state index in [1.54, 1.807) is 0 Å². The van der Waals surface area contributed by atoms with Crippen LogP contribution in [0.15, 0.2) is 4.79 Å². The maximum Gasteiger partial charge on any atom is 0.277 e. The Balaban J connectivity index is 2.14. The zero-order valence-corrected chi connectivity index (χ0v) is 9.88. The van der Waals surface area contributed by atoms with Crippen molar-refractivity contribution in [1.82, 2.24) is 9.69 Å². The van der Waals surface area contributed by atoms with Crippen molar-refractivity contribution >= 4 is 29.0 Å². The molecular weight excluding hydrogens is 255 g/mol. The second-order valence-electron chi connectivity index (χ2n) is 3.90. The van der Waals surface area contributed by atoms with Gasteiger partial charge in [-0.25, -0.2) is 4.39 Å². The SMILES string of the molecule is O=C(NC1(CF)CCC1)c1s[nH]c(=O)c1Cl. The van der Waals surface area contributed by atoms with Crippen LogP contribution in [0.3, 0.4) is 0 Å². The summed E-state index contributed by atoms with van der Waals surface area (Å²) in [6, 6.07) is 0. The lowest BCUT2D eigenvalue weighted by Crippen LogP contribution is -2.55. The number of amides is 1. The molecule has 1 amide bonds. The fourth-order valence-electron chi connectivity index (χ4n) is 1.63. The molecule has 1 aliphatic rings. The van der Waals surface area contributed by atoms with Crippen molar-refractivity contribution < 1.29 is 9.18 Å². The van der Waals surface area contributed by atoms with Crippen LogP contribution in [0.1, 0.15) is 28.9 Å². The number of carbonyl (C=O) groups excluding carboxylic acids is 1. The van der Waals surface area contributed by atoms with E-state index >= 15 is 0 Å². The number of aromatic nitrogens is 1. The van der Waals surface area contributed by atoms with Gasteiger partial charge < -0.3 is 5.32 Å². The second kappa shape index (κ2) is 4.18. The van der Waals surface area contributed by atoms with E-state index in [4.69, 9.17) is 11.6 Å². The zero-order valence-electron chi connectivity index (χ0n) is 8.31. The first-order valence-electron chi connectivity index (χ1n) is 4.83. The van der Waals surface area contributed by atoms with Crippen molar-refractivity contribution in [2.75, 3.05) is 6.67 Å². The van der Waals surface area contributed by atoms with E-state index in [0.29, 0.717) is 12.8 Å². The van der Waals surface area contributed by atoms with Crippen molar-refractivity contribution in [3.8, 4) is 0 Å². The third-order valence-electron chi connectivity index (χ3n) is 2.80. The number of nitrogens with one attached hydrogen (secondary N) is 2. The van der Waals surface area contributed by atoms with Gasteiger partial charge in [0.25, 0.3) is 11.5 Å². The highest BCUT2D eigenvalue weighted by atomic mass is 35.5. The molecule has 2 rings (SSSR count). The van der Waals surface area contributed by atoms with E-state index in [1.807, 2.05) is 0 Å². The number of H-pyrrole nitrogens is 1. The molecule has 0 unspecified atom stereocenters. The Morgan fingerprint density at radius 1 is 1.62 bits per heavy atom. The molecule has 0 saturated heterocycles. The average molecular weight is 265 g/mol. The molecule has 2 N–H and O–H groups in total. The molecular formula is C9H10ClFN2O2S. The van der Waals surface area contributed by atoms with Gasteiger partial charge in [0, 0.05) is 0 Å². The first-order chi connectivity index (χ1) is 7.58. The van der Waals surface area contributed by atoms with Crippen molar-refractivity contribution in [3.63, 3.8) is 0 Å². The van der Waals surface area contributed by atoms with Gasteiger partial charge in [-0.1, -0.05) is 23.1 Å². The molecule has 0 radical (unpaired) electrons. The second-order valence-corrected chi connectivity index (χ2v) is 5.09. The van der Waals surface area contributed by atoms with Gasteiger partial charge in [0.1, 0.15) is 16.6 Å². The third kappa shape index (κ3) is 1.87. The smallest absolute Gasteiger partial charge is 0.277 e. The summed E-state index contributed by atoms with van der Waals surface area (Å²) in [5.41, 5.74) is -1.23. The average Bonchev–Trinajstić information content (AvgIpc) is 2.54. The highest BCUT2D eigenvalue weighted by Gasteiger charge is 2.39. The first-order valence-corrected chi connectivity index (χ1v) is 6.03. The summed E-state index contributed by atoms with van der Waals surface area (Å²) in [4.78, 5) is 22.9. The summed E-state index contributed by atoms with van der Waals surface area (Å²) in [7, 11) is 0. The molecule has 1 heterocycles. The summed E-state index contributed by atoms with van der Waals surface area (Å²) < 4.78 is 15.1. The summed E-state index contributed by atoms with van der Waals surface area (Å²) in [6.07, 6.45) is 2.17. The van der Waals surface area contributed by atoms with Gasteiger partial charge in [-0.15, -0.1) is 0 Å². The van der Waals surface area contributed by atoms with Gasteiger partial charge in [0.15, 0.2) is 0 Å². The lowest BCUT2D eigenvalue weighted by atomic mass is 9.78. The minimum atomic E-state index is -0.743. The normalized spacial score (nSPS) is 17.9. The van der Waals surface area contributed by atoms with Crippen LogP contribution in [0.4, 0.5) is 4.39 Å². The summed E-state index contributed by atoms with van der Waals surface area (Å²) in [5.74, 6) is -0.481. The largest absolute Gasteiger partial charge is 0.343 e. The molecule has 88 valence electrons. The molecule has 0 aromatic carbocycles. The number of hydrogen-bond acceptors (Lipinski definition) is 3. The van der Waals surface area contributed by atoms with E-state index in [-0.39, 0.29) is 9.90 Å². The third-order valence-corrected chi connectivity index (χ3v) is 4.15. The van der Waals surface area contributed by atoms with Gasteiger partial charge in [0.05, 0.1) is 5.54 Å². The standard InChI is InChI=1S/C9H10ClFN2O2S/c10-5-6(16-13-7(5)14)8(15)12-9(4-11)2-1-3-9/h1-4H2,(H,12,15)(H,13,14). The van der Waals surface area contributed by atoms with Crippen LogP contribution < -0.4 is 10.9 Å². The van der Waals surface area contributed by atoms with Gasteiger partial charge in [-0.3, -0.25) is 14.0 Å². The van der Waals surface area contributed by atoms with Crippen LogP contribution in [-0.4, -0.2) is 22.5 Å². The van der Waals surface area contributed by atoms with E-state index in [0.717, 1.165) is 18.0 Å². The molecule has 1 saturated carbocycles. The van der Waals surface area contributed by atoms with Crippen LogP contribution in [0.5, 0.6) is 0 Å². The Bertz CT molecular complexity index is 461. The molecule has 1 aromatic rings. The van der Waals surface area contributed by atoms with E-state index < -0.39 is 23.7 Å². The number of carbonyl (C=O) groups is 1. The van der Waals surface area contributed by atoms with Gasteiger partial charge >= 0.3 is 0 Å². The quantitative estimate of drug-likeness (QED) is 0.873. The van der Waals surface area contributed by atoms with E-state index in [1.165, 1.54) is 0 Å².